The van der Waals surface area contributed by atoms with Gasteiger partial charge in [-0.3, -0.25) is 9.59 Å². The highest BCUT2D eigenvalue weighted by Gasteiger charge is 2.26. The molecule has 0 aliphatic heterocycles. The summed E-state index contributed by atoms with van der Waals surface area (Å²) in [5.41, 5.74) is 1.14. The lowest BCUT2D eigenvalue weighted by Gasteiger charge is -2.04. The average molecular weight is 243 g/mol. The zero-order chi connectivity index (χ0) is 12.7. The smallest absolute Gasteiger partial charge is 0.258 e. The van der Waals surface area contributed by atoms with E-state index in [1.54, 1.807) is 18.2 Å². The molecule has 1 saturated carbocycles. The van der Waals surface area contributed by atoms with Gasteiger partial charge in [0.15, 0.2) is 0 Å². The maximum absolute atomic E-state index is 12.0. The van der Waals surface area contributed by atoms with Crippen molar-refractivity contribution < 1.29 is 4.79 Å². The van der Waals surface area contributed by atoms with Crippen molar-refractivity contribution in [3.8, 4) is 0 Å². The van der Waals surface area contributed by atoms with Gasteiger partial charge in [0.2, 0.25) is 5.91 Å². The number of amides is 1. The Bertz CT molecular complexity index is 686. The molecule has 1 heterocycles. The fraction of sp³-hybridized carbons (Fsp3) is 0.308. The van der Waals surface area contributed by atoms with Crippen LogP contribution < -0.4 is 10.9 Å². The minimum atomic E-state index is -0.159. The van der Waals surface area contributed by atoms with Crippen LogP contribution in [0.4, 0.5) is 5.69 Å². The number of carbonyl (C=O) groups is 1. The normalized spacial score (nSPS) is 14.7. The monoisotopic (exact) mass is 243 g/mol. The molecular formula is C13H13N3O2. The van der Waals surface area contributed by atoms with E-state index in [0.29, 0.717) is 22.5 Å². The van der Waals surface area contributed by atoms with Crippen molar-refractivity contribution in [2.24, 2.45) is 0 Å². The standard InChI is InChI=1S/C13H13N3O2/c1-7(17)14-9-4-5-11-10(6-9)13(18)16-12(15-11)8-2-3-8/h4-6,8H,2-3H2,1H3,(H,14,17)(H,15,16,18). The summed E-state index contributed by atoms with van der Waals surface area (Å²) in [5, 5.41) is 3.16. The molecule has 3 rings (SSSR count). The Hall–Kier alpha value is -2.17. The van der Waals surface area contributed by atoms with E-state index in [2.05, 4.69) is 15.3 Å². The lowest BCUT2D eigenvalue weighted by molar-refractivity contribution is -0.114. The number of hydrogen-bond donors (Lipinski definition) is 2. The molecule has 0 radical (unpaired) electrons. The van der Waals surface area contributed by atoms with Gasteiger partial charge in [-0.05, 0) is 31.0 Å². The number of fused-ring (bicyclic) bond motifs is 1. The number of aromatic amines is 1. The first-order valence-corrected chi connectivity index (χ1v) is 5.95. The van der Waals surface area contributed by atoms with Gasteiger partial charge in [0.1, 0.15) is 5.82 Å². The molecule has 2 aromatic rings. The second kappa shape index (κ2) is 3.94. The molecule has 2 N–H and O–H groups in total. The van der Waals surface area contributed by atoms with Crippen LogP contribution in [0.2, 0.25) is 0 Å². The summed E-state index contributed by atoms with van der Waals surface area (Å²) in [5.74, 6) is 1.03. The van der Waals surface area contributed by atoms with E-state index in [-0.39, 0.29) is 11.5 Å². The number of anilines is 1. The number of benzene rings is 1. The minimum absolute atomic E-state index is 0.144. The van der Waals surface area contributed by atoms with Crippen LogP contribution in [-0.2, 0) is 4.79 Å². The van der Waals surface area contributed by atoms with Crippen LogP contribution in [0.3, 0.4) is 0 Å². The number of rotatable bonds is 2. The Balaban J connectivity index is 2.11. The first-order chi connectivity index (χ1) is 8.63. The number of H-pyrrole nitrogens is 1. The van der Waals surface area contributed by atoms with Crippen molar-refractivity contribution in [1.82, 2.24) is 9.97 Å². The fourth-order valence-electron chi connectivity index (χ4n) is 1.99. The zero-order valence-corrected chi connectivity index (χ0v) is 9.99. The van der Waals surface area contributed by atoms with Gasteiger partial charge >= 0.3 is 0 Å². The average Bonchev–Trinajstić information content (AvgIpc) is 3.12. The van der Waals surface area contributed by atoms with Gasteiger partial charge in [-0.25, -0.2) is 4.98 Å². The second-order valence-electron chi connectivity index (χ2n) is 4.64. The predicted octanol–water partition coefficient (Wildman–Crippen LogP) is 1.76. The molecule has 5 heteroatoms. The zero-order valence-electron chi connectivity index (χ0n) is 9.99. The highest BCUT2D eigenvalue weighted by atomic mass is 16.1. The summed E-state index contributed by atoms with van der Waals surface area (Å²) < 4.78 is 0. The maximum atomic E-state index is 12.0. The van der Waals surface area contributed by atoms with E-state index in [4.69, 9.17) is 0 Å². The van der Waals surface area contributed by atoms with Gasteiger partial charge in [0, 0.05) is 18.5 Å². The summed E-state index contributed by atoms with van der Waals surface area (Å²) in [4.78, 5) is 30.2. The van der Waals surface area contributed by atoms with Crippen molar-refractivity contribution in [3.63, 3.8) is 0 Å². The van der Waals surface area contributed by atoms with Gasteiger partial charge in [0.05, 0.1) is 10.9 Å². The van der Waals surface area contributed by atoms with E-state index in [0.717, 1.165) is 18.7 Å². The summed E-state index contributed by atoms with van der Waals surface area (Å²) in [6.07, 6.45) is 2.19. The number of nitrogens with one attached hydrogen (secondary N) is 2. The van der Waals surface area contributed by atoms with Gasteiger partial charge in [-0.2, -0.15) is 0 Å². The number of nitrogens with zero attached hydrogens (tertiary/aromatic N) is 1. The van der Waals surface area contributed by atoms with Gasteiger partial charge in [-0.15, -0.1) is 0 Å². The van der Waals surface area contributed by atoms with E-state index in [1.165, 1.54) is 6.92 Å². The van der Waals surface area contributed by atoms with Gasteiger partial charge in [0.25, 0.3) is 5.56 Å². The third kappa shape index (κ3) is 1.99. The minimum Gasteiger partial charge on any atom is -0.326 e. The number of carbonyl (C=O) groups excluding carboxylic acids is 1. The lowest BCUT2D eigenvalue weighted by Crippen LogP contribution is -2.12. The van der Waals surface area contributed by atoms with Crippen LogP contribution in [0.1, 0.15) is 31.5 Å². The molecule has 0 spiro atoms. The van der Waals surface area contributed by atoms with E-state index in [9.17, 15) is 9.59 Å². The Morgan fingerprint density at radius 2 is 2.22 bits per heavy atom. The second-order valence-corrected chi connectivity index (χ2v) is 4.64. The topological polar surface area (TPSA) is 74.8 Å². The molecule has 0 bridgehead atoms. The van der Waals surface area contributed by atoms with E-state index in [1.807, 2.05) is 0 Å². The molecule has 1 aliphatic rings. The Kier molecular flexibility index (Phi) is 2.40. The molecule has 1 aromatic carbocycles. The van der Waals surface area contributed by atoms with E-state index >= 15 is 0 Å². The SMILES string of the molecule is CC(=O)Nc1ccc2nc(C3CC3)[nH]c(=O)c2c1. The molecule has 18 heavy (non-hydrogen) atoms. The summed E-state index contributed by atoms with van der Waals surface area (Å²) in [6.45, 7) is 1.43. The molecule has 1 amide bonds. The molecule has 0 unspecified atom stereocenters. The van der Waals surface area contributed by atoms with E-state index < -0.39 is 0 Å². The summed E-state index contributed by atoms with van der Waals surface area (Å²) in [6, 6.07) is 5.17. The van der Waals surface area contributed by atoms with Crippen LogP contribution >= 0.6 is 0 Å². The molecule has 1 aliphatic carbocycles. The largest absolute Gasteiger partial charge is 0.326 e. The van der Waals surface area contributed by atoms with Crippen LogP contribution in [0.15, 0.2) is 23.0 Å². The third-order valence-electron chi connectivity index (χ3n) is 3.01. The van der Waals surface area contributed by atoms with Gasteiger partial charge < -0.3 is 10.3 Å². The van der Waals surface area contributed by atoms with Crippen molar-refractivity contribution in [2.75, 3.05) is 5.32 Å². The van der Waals surface area contributed by atoms with Crippen molar-refractivity contribution in [2.45, 2.75) is 25.7 Å². The molecule has 1 fully saturated rings. The highest BCUT2D eigenvalue weighted by molar-refractivity contribution is 5.91. The van der Waals surface area contributed by atoms with Crippen molar-refractivity contribution >= 4 is 22.5 Å². The summed E-state index contributed by atoms with van der Waals surface area (Å²) >= 11 is 0. The Labute approximate surface area is 103 Å². The molecule has 0 atom stereocenters. The van der Waals surface area contributed by atoms with Gasteiger partial charge in [-0.1, -0.05) is 0 Å². The highest BCUT2D eigenvalue weighted by Crippen LogP contribution is 2.37. The quantitative estimate of drug-likeness (QED) is 0.843. The lowest BCUT2D eigenvalue weighted by atomic mass is 10.2. The maximum Gasteiger partial charge on any atom is 0.258 e. The molecular weight excluding hydrogens is 230 g/mol. The first-order valence-electron chi connectivity index (χ1n) is 5.95. The van der Waals surface area contributed by atoms with Crippen molar-refractivity contribution in [3.05, 3.63) is 34.4 Å². The fourth-order valence-corrected chi connectivity index (χ4v) is 1.99. The summed E-state index contributed by atoms with van der Waals surface area (Å²) in [7, 11) is 0. The molecule has 0 saturated heterocycles. The molecule has 92 valence electrons. The Morgan fingerprint density at radius 3 is 2.89 bits per heavy atom. The Morgan fingerprint density at radius 1 is 1.44 bits per heavy atom. The third-order valence-corrected chi connectivity index (χ3v) is 3.01. The number of aromatic nitrogens is 2. The van der Waals surface area contributed by atoms with Crippen LogP contribution in [0.25, 0.3) is 10.9 Å². The molecule has 5 nitrogen and oxygen atoms in total. The predicted molar refractivity (Wildman–Crippen MR) is 68.6 cm³/mol. The molecule has 1 aromatic heterocycles. The van der Waals surface area contributed by atoms with Crippen LogP contribution in [-0.4, -0.2) is 15.9 Å². The first kappa shape index (κ1) is 11.0. The van der Waals surface area contributed by atoms with Crippen LogP contribution in [0.5, 0.6) is 0 Å². The van der Waals surface area contributed by atoms with Crippen molar-refractivity contribution in [1.29, 1.82) is 0 Å². The van der Waals surface area contributed by atoms with Crippen LogP contribution in [0, 0.1) is 0 Å². The number of hydrogen-bond acceptors (Lipinski definition) is 3.